The van der Waals surface area contributed by atoms with E-state index in [0.717, 1.165) is 30.9 Å². The van der Waals surface area contributed by atoms with Gasteiger partial charge in [0.15, 0.2) is 0 Å². The largest absolute Gasteiger partial charge is 0.493 e. The number of aromatic nitrogens is 2. The van der Waals surface area contributed by atoms with Crippen LogP contribution in [-0.2, 0) is 19.3 Å². The van der Waals surface area contributed by atoms with Gasteiger partial charge in [-0.1, -0.05) is 12.1 Å². The fourth-order valence-corrected chi connectivity index (χ4v) is 2.27. The Hall–Kier alpha value is -2.30. The fraction of sp³-hybridized carbons (Fsp3) is 0.286. The van der Waals surface area contributed by atoms with Crippen LogP contribution >= 0.6 is 0 Å². The Morgan fingerprint density at radius 2 is 2.00 bits per heavy atom. The van der Waals surface area contributed by atoms with Crippen molar-refractivity contribution < 1.29 is 4.74 Å². The van der Waals surface area contributed by atoms with Crippen molar-refractivity contribution in [3.05, 3.63) is 61.7 Å². The lowest BCUT2D eigenvalue weighted by Crippen LogP contribution is -2.27. The third-order valence-electron chi connectivity index (χ3n) is 3.30. The second-order valence-corrected chi connectivity index (χ2v) is 4.65. The molecule has 0 saturated carbocycles. The third-order valence-corrected chi connectivity index (χ3v) is 3.30. The zero-order chi connectivity index (χ0) is 13.2. The summed E-state index contributed by atoms with van der Waals surface area (Å²) in [6.45, 7) is 0.756. The predicted octanol–water partition coefficient (Wildman–Crippen LogP) is 0.783. The molecule has 0 spiro atoms. The molecule has 98 valence electrons. The van der Waals surface area contributed by atoms with E-state index in [2.05, 4.69) is 16.3 Å². The van der Waals surface area contributed by atoms with Crippen molar-refractivity contribution in [2.24, 2.45) is 0 Å². The van der Waals surface area contributed by atoms with Crippen LogP contribution in [0, 0.1) is 0 Å². The van der Waals surface area contributed by atoms with Crippen molar-refractivity contribution in [1.29, 1.82) is 0 Å². The van der Waals surface area contributed by atoms with Crippen LogP contribution in [-0.4, -0.2) is 16.8 Å². The number of hydrogen-bond donors (Lipinski definition) is 2. The molecule has 2 N–H and O–H groups in total. The van der Waals surface area contributed by atoms with Crippen LogP contribution in [0.25, 0.3) is 0 Å². The van der Waals surface area contributed by atoms with E-state index in [-0.39, 0.29) is 0 Å². The number of aromatic amines is 2. The number of H-pyrrole nitrogens is 2. The average molecular weight is 258 g/mol. The first-order valence-corrected chi connectivity index (χ1v) is 6.28. The highest BCUT2D eigenvalue weighted by molar-refractivity contribution is 5.39. The summed E-state index contributed by atoms with van der Waals surface area (Å²) in [6.07, 6.45) is 2.46. The number of rotatable bonds is 3. The quantitative estimate of drug-likeness (QED) is 0.799. The Labute approximate surface area is 109 Å². The molecule has 0 fully saturated rings. The van der Waals surface area contributed by atoms with Gasteiger partial charge in [-0.15, -0.1) is 0 Å². The summed E-state index contributed by atoms with van der Waals surface area (Å²) in [7, 11) is 0. The Morgan fingerprint density at radius 1 is 1.11 bits per heavy atom. The van der Waals surface area contributed by atoms with E-state index >= 15 is 0 Å². The summed E-state index contributed by atoms with van der Waals surface area (Å²) in [5.41, 5.74) is 2.07. The van der Waals surface area contributed by atoms with Crippen molar-refractivity contribution in [1.82, 2.24) is 10.2 Å². The van der Waals surface area contributed by atoms with Crippen molar-refractivity contribution in [2.75, 3.05) is 6.61 Å². The fourth-order valence-electron chi connectivity index (χ4n) is 2.27. The summed E-state index contributed by atoms with van der Waals surface area (Å²) in [5.74, 6) is 0.973. The lowest BCUT2D eigenvalue weighted by atomic mass is 10.0. The number of hydrogen-bond acceptors (Lipinski definition) is 3. The minimum Gasteiger partial charge on any atom is -0.493 e. The van der Waals surface area contributed by atoms with E-state index in [0.29, 0.717) is 6.42 Å². The zero-order valence-electron chi connectivity index (χ0n) is 10.4. The van der Waals surface area contributed by atoms with Gasteiger partial charge >= 0.3 is 5.56 Å². The van der Waals surface area contributed by atoms with Gasteiger partial charge in [-0.3, -0.25) is 14.7 Å². The van der Waals surface area contributed by atoms with E-state index in [4.69, 9.17) is 4.74 Å². The Kier molecular flexibility index (Phi) is 2.95. The normalized spacial score (nSPS) is 13.1. The molecule has 19 heavy (non-hydrogen) atoms. The first-order valence-electron chi connectivity index (χ1n) is 6.28. The van der Waals surface area contributed by atoms with Crippen LogP contribution in [0.5, 0.6) is 5.75 Å². The molecule has 0 amide bonds. The minimum atomic E-state index is -0.613. The topological polar surface area (TPSA) is 75.0 Å². The Bertz CT molecular complexity index is 715. The van der Waals surface area contributed by atoms with Gasteiger partial charge in [0.05, 0.1) is 6.61 Å². The maximum Gasteiger partial charge on any atom is 0.310 e. The Balaban J connectivity index is 1.73. The molecular weight excluding hydrogens is 244 g/mol. The van der Waals surface area contributed by atoms with Crippen LogP contribution in [0.4, 0.5) is 0 Å². The number of fused-ring (bicyclic) bond motifs is 1. The molecule has 1 aromatic heterocycles. The molecular formula is C14H14N2O3. The molecule has 2 heterocycles. The van der Waals surface area contributed by atoms with Crippen LogP contribution in [0.1, 0.15) is 16.8 Å². The van der Waals surface area contributed by atoms with Gasteiger partial charge in [-0.05, 0) is 30.0 Å². The first-order chi connectivity index (χ1) is 9.22. The molecule has 0 unspecified atom stereocenters. The van der Waals surface area contributed by atoms with E-state index in [9.17, 15) is 9.59 Å². The molecule has 1 aromatic carbocycles. The zero-order valence-corrected chi connectivity index (χ0v) is 10.4. The molecule has 5 nitrogen and oxygen atoms in total. The number of ether oxygens (including phenoxy) is 1. The van der Waals surface area contributed by atoms with Gasteiger partial charge in [-0.2, -0.15) is 0 Å². The summed E-state index contributed by atoms with van der Waals surface area (Å²) in [6, 6.07) is 7.53. The lowest BCUT2D eigenvalue weighted by Gasteiger charge is -2.04. The third kappa shape index (κ3) is 2.45. The average Bonchev–Trinajstić information content (AvgIpc) is 2.87. The molecule has 1 aliphatic heterocycles. The van der Waals surface area contributed by atoms with Crippen molar-refractivity contribution in [2.45, 2.75) is 19.3 Å². The molecule has 5 heteroatoms. The molecule has 0 atom stereocenters. The van der Waals surface area contributed by atoms with E-state index in [1.165, 1.54) is 17.2 Å². The molecule has 3 rings (SSSR count). The summed E-state index contributed by atoms with van der Waals surface area (Å²) in [4.78, 5) is 22.2. The van der Waals surface area contributed by atoms with Gasteiger partial charge in [0, 0.05) is 18.2 Å². The maximum absolute atomic E-state index is 11.2. The van der Waals surface area contributed by atoms with Crippen LogP contribution in [0.15, 0.2) is 33.9 Å². The van der Waals surface area contributed by atoms with Gasteiger partial charge in [-0.25, -0.2) is 0 Å². The molecule has 0 radical (unpaired) electrons. The van der Waals surface area contributed by atoms with Gasteiger partial charge in [0.25, 0.3) is 0 Å². The second kappa shape index (κ2) is 4.76. The Morgan fingerprint density at radius 3 is 2.84 bits per heavy atom. The number of nitrogens with one attached hydrogen (secondary N) is 2. The van der Waals surface area contributed by atoms with E-state index in [1.807, 2.05) is 12.1 Å². The first kappa shape index (κ1) is 11.8. The highest BCUT2D eigenvalue weighted by Crippen LogP contribution is 2.26. The van der Waals surface area contributed by atoms with E-state index in [1.54, 1.807) is 0 Å². The number of aryl methyl sites for hydroxylation is 2. The second-order valence-electron chi connectivity index (χ2n) is 4.65. The highest BCUT2D eigenvalue weighted by atomic mass is 16.5. The van der Waals surface area contributed by atoms with Crippen LogP contribution in [0.3, 0.4) is 0 Å². The van der Waals surface area contributed by atoms with E-state index < -0.39 is 11.0 Å². The van der Waals surface area contributed by atoms with Gasteiger partial charge in [0.1, 0.15) is 5.75 Å². The monoisotopic (exact) mass is 258 g/mol. The summed E-state index contributed by atoms with van der Waals surface area (Å²) >= 11 is 0. The van der Waals surface area contributed by atoms with Crippen LogP contribution in [0.2, 0.25) is 0 Å². The predicted molar refractivity (Wildman–Crippen MR) is 70.7 cm³/mol. The molecule has 1 aliphatic rings. The number of benzene rings is 1. The van der Waals surface area contributed by atoms with Crippen molar-refractivity contribution >= 4 is 0 Å². The lowest BCUT2D eigenvalue weighted by molar-refractivity contribution is 0.357. The minimum absolute atomic E-state index is 0.504. The highest BCUT2D eigenvalue weighted by Gasteiger charge is 2.11. The SMILES string of the molecule is O=c1cc(CCc2ccc3c(c2)CCO3)[nH][nH]c1=O. The van der Waals surface area contributed by atoms with Gasteiger partial charge in [0.2, 0.25) is 5.43 Å². The molecule has 0 bridgehead atoms. The summed E-state index contributed by atoms with van der Waals surface area (Å²) < 4.78 is 5.46. The molecule has 2 aromatic rings. The van der Waals surface area contributed by atoms with Crippen molar-refractivity contribution in [3.8, 4) is 5.75 Å². The maximum atomic E-state index is 11.2. The molecule has 0 aliphatic carbocycles. The van der Waals surface area contributed by atoms with Crippen LogP contribution < -0.4 is 15.7 Å². The van der Waals surface area contributed by atoms with Crippen molar-refractivity contribution in [3.63, 3.8) is 0 Å². The van der Waals surface area contributed by atoms with Gasteiger partial charge < -0.3 is 9.84 Å². The summed E-state index contributed by atoms with van der Waals surface area (Å²) in [5, 5.41) is 5.07. The smallest absolute Gasteiger partial charge is 0.310 e. The molecule has 0 saturated heterocycles. The standard InChI is InChI=1S/C14H14N2O3/c17-12-8-11(15-16-14(12)18)3-1-9-2-4-13-10(7-9)5-6-19-13/h2,4,7-8H,1,3,5-6H2,(H,15,17)(H,16,18).